The van der Waals surface area contributed by atoms with Crippen LogP contribution in [0.25, 0.3) is 0 Å². The highest BCUT2D eigenvalue weighted by atomic mass is 32.2. The minimum atomic E-state index is 0.870. The summed E-state index contributed by atoms with van der Waals surface area (Å²) >= 11 is 1.88. The van der Waals surface area contributed by atoms with Gasteiger partial charge < -0.3 is 10.3 Å². The van der Waals surface area contributed by atoms with E-state index in [0.29, 0.717) is 0 Å². The first-order chi connectivity index (χ1) is 6.43. The highest BCUT2D eigenvalue weighted by molar-refractivity contribution is 7.99. The zero-order chi connectivity index (χ0) is 9.36. The Hall–Kier alpha value is -0.740. The summed E-state index contributed by atoms with van der Waals surface area (Å²) in [5.74, 6) is 2.16. The van der Waals surface area contributed by atoms with Gasteiger partial charge in [-0.05, 0) is 0 Å². The second kappa shape index (κ2) is 6.74. The monoisotopic (exact) mass is 197 g/mol. The van der Waals surface area contributed by atoms with Gasteiger partial charge in [0.25, 0.3) is 0 Å². The van der Waals surface area contributed by atoms with Crippen LogP contribution in [0.2, 0.25) is 0 Å². The zero-order valence-corrected chi connectivity index (χ0v) is 8.44. The number of hydrogen-bond acceptors (Lipinski definition) is 3. The van der Waals surface area contributed by atoms with Crippen LogP contribution in [0.5, 0.6) is 0 Å². The molecule has 0 amide bonds. The van der Waals surface area contributed by atoms with E-state index in [1.807, 2.05) is 24.0 Å². The third-order valence-corrected chi connectivity index (χ3v) is 2.49. The van der Waals surface area contributed by atoms with Gasteiger partial charge >= 0.3 is 0 Å². The first-order valence-electron chi connectivity index (χ1n) is 4.30. The van der Waals surface area contributed by atoms with Crippen LogP contribution in [0, 0.1) is 0 Å². The highest BCUT2D eigenvalue weighted by Gasteiger charge is 1.91. The topological polar surface area (TPSA) is 40.7 Å². The van der Waals surface area contributed by atoms with Crippen molar-refractivity contribution in [2.24, 2.45) is 0 Å². The predicted molar refractivity (Wildman–Crippen MR) is 57.8 cm³/mol. The fourth-order valence-electron chi connectivity index (χ4n) is 0.915. The molecule has 4 heteroatoms. The maximum Gasteiger partial charge on any atom is 0.0922 e. The van der Waals surface area contributed by atoms with Crippen LogP contribution < -0.4 is 5.32 Å². The van der Waals surface area contributed by atoms with Gasteiger partial charge in [-0.2, -0.15) is 11.8 Å². The summed E-state index contributed by atoms with van der Waals surface area (Å²) in [5, 5.41) is 3.32. The molecule has 0 saturated carbocycles. The maximum atomic E-state index is 3.94. The van der Waals surface area contributed by atoms with Crippen molar-refractivity contribution in [3.63, 3.8) is 0 Å². The number of rotatable bonds is 7. The molecule has 0 saturated heterocycles. The minimum Gasteiger partial charge on any atom is -0.347 e. The number of hydrogen-bond donors (Lipinski definition) is 2. The van der Waals surface area contributed by atoms with E-state index in [-0.39, 0.29) is 0 Å². The molecule has 72 valence electrons. The minimum absolute atomic E-state index is 0.870. The molecule has 3 nitrogen and oxygen atoms in total. The van der Waals surface area contributed by atoms with Crippen LogP contribution >= 0.6 is 11.8 Å². The van der Waals surface area contributed by atoms with Gasteiger partial charge in [-0.25, -0.2) is 4.98 Å². The Balaban J connectivity index is 1.93. The summed E-state index contributed by atoms with van der Waals surface area (Å²) in [4.78, 5) is 6.98. The number of aromatic nitrogens is 2. The van der Waals surface area contributed by atoms with E-state index in [1.54, 1.807) is 6.33 Å². The summed E-state index contributed by atoms with van der Waals surface area (Å²) in [5.41, 5.74) is 1.13. The summed E-state index contributed by atoms with van der Waals surface area (Å²) in [6.45, 7) is 5.56. The first-order valence-corrected chi connectivity index (χ1v) is 5.45. The van der Waals surface area contributed by atoms with E-state index in [2.05, 4.69) is 21.9 Å². The fraction of sp³-hybridized carbons (Fsp3) is 0.444. The van der Waals surface area contributed by atoms with Crippen molar-refractivity contribution in [2.45, 2.75) is 6.54 Å². The molecule has 0 radical (unpaired) electrons. The van der Waals surface area contributed by atoms with E-state index in [0.717, 1.165) is 30.3 Å². The number of nitrogens with zero attached hydrogens (tertiary/aromatic N) is 1. The molecule has 1 aromatic rings. The summed E-state index contributed by atoms with van der Waals surface area (Å²) in [7, 11) is 0. The summed E-state index contributed by atoms with van der Waals surface area (Å²) < 4.78 is 0. The van der Waals surface area contributed by atoms with E-state index in [1.165, 1.54) is 0 Å². The molecule has 0 aliphatic rings. The van der Waals surface area contributed by atoms with Crippen LogP contribution in [-0.4, -0.2) is 28.0 Å². The zero-order valence-electron chi connectivity index (χ0n) is 7.62. The highest BCUT2D eigenvalue weighted by Crippen LogP contribution is 1.97. The van der Waals surface area contributed by atoms with Gasteiger partial charge in [0.05, 0.1) is 6.33 Å². The molecule has 2 N–H and O–H groups in total. The molecule has 0 spiro atoms. The van der Waals surface area contributed by atoms with Gasteiger partial charge in [-0.15, -0.1) is 6.58 Å². The van der Waals surface area contributed by atoms with Gasteiger partial charge in [0.2, 0.25) is 0 Å². The van der Waals surface area contributed by atoms with Gasteiger partial charge in [-0.3, -0.25) is 0 Å². The lowest BCUT2D eigenvalue weighted by atomic mass is 10.5. The van der Waals surface area contributed by atoms with Crippen LogP contribution in [-0.2, 0) is 6.54 Å². The Morgan fingerprint density at radius 3 is 3.31 bits per heavy atom. The van der Waals surface area contributed by atoms with Crippen molar-refractivity contribution >= 4 is 11.8 Å². The van der Waals surface area contributed by atoms with E-state index >= 15 is 0 Å². The Morgan fingerprint density at radius 2 is 2.62 bits per heavy atom. The summed E-state index contributed by atoms with van der Waals surface area (Å²) in [6.07, 6.45) is 5.47. The fourth-order valence-corrected chi connectivity index (χ4v) is 1.54. The average molecular weight is 197 g/mol. The maximum absolute atomic E-state index is 3.94. The molecule has 1 rings (SSSR count). The molecule has 0 aliphatic carbocycles. The molecule has 0 unspecified atom stereocenters. The molecule has 0 aromatic carbocycles. The number of nitrogens with one attached hydrogen (secondary N) is 2. The van der Waals surface area contributed by atoms with Crippen LogP contribution in [0.4, 0.5) is 0 Å². The SMILES string of the molecule is C=CCSCCNCc1cnc[nH]1. The van der Waals surface area contributed by atoms with Crippen LogP contribution in [0.3, 0.4) is 0 Å². The van der Waals surface area contributed by atoms with Gasteiger partial charge in [-0.1, -0.05) is 6.08 Å². The van der Waals surface area contributed by atoms with Gasteiger partial charge in [0.15, 0.2) is 0 Å². The Labute approximate surface area is 83.0 Å². The molecule has 1 aromatic heterocycles. The van der Waals surface area contributed by atoms with Crippen molar-refractivity contribution in [3.05, 3.63) is 30.9 Å². The van der Waals surface area contributed by atoms with E-state index in [4.69, 9.17) is 0 Å². The quantitative estimate of drug-likeness (QED) is 0.513. The number of aromatic amines is 1. The van der Waals surface area contributed by atoms with Crippen molar-refractivity contribution < 1.29 is 0 Å². The molecule has 0 atom stereocenters. The standard InChI is InChI=1S/C9H15N3S/c1-2-4-13-5-3-10-6-9-7-11-8-12-9/h2,7-8,10H,1,3-6H2,(H,11,12). The number of H-pyrrole nitrogens is 1. The van der Waals surface area contributed by atoms with Crippen LogP contribution in [0.1, 0.15) is 5.69 Å². The largest absolute Gasteiger partial charge is 0.347 e. The lowest BCUT2D eigenvalue weighted by Crippen LogP contribution is -2.16. The lowest BCUT2D eigenvalue weighted by Gasteiger charge is -2.01. The third kappa shape index (κ3) is 4.75. The van der Waals surface area contributed by atoms with Crippen molar-refractivity contribution in [2.75, 3.05) is 18.1 Å². The molecule has 0 fully saturated rings. The number of thioether (sulfide) groups is 1. The number of imidazole rings is 1. The van der Waals surface area contributed by atoms with E-state index < -0.39 is 0 Å². The van der Waals surface area contributed by atoms with Crippen LogP contribution in [0.15, 0.2) is 25.2 Å². The Kier molecular flexibility index (Phi) is 5.36. The molecular formula is C9H15N3S. The Bertz CT molecular complexity index is 221. The average Bonchev–Trinajstić information content (AvgIpc) is 2.63. The van der Waals surface area contributed by atoms with Crippen molar-refractivity contribution in [1.29, 1.82) is 0 Å². The van der Waals surface area contributed by atoms with E-state index in [9.17, 15) is 0 Å². The molecule has 0 bridgehead atoms. The molecule has 1 heterocycles. The van der Waals surface area contributed by atoms with Gasteiger partial charge in [0, 0.05) is 36.5 Å². The third-order valence-electron chi connectivity index (χ3n) is 1.53. The lowest BCUT2D eigenvalue weighted by molar-refractivity contribution is 0.719. The normalized spacial score (nSPS) is 10.2. The molecule has 13 heavy (non-hydrogen) atoms. The second-order valence-electron chi connectivity index (χ2n) is 2.62. The first kappa shape index (κ1) is 10.3. The Morgan fingerprint density at radius 1 is 1.69 bits per heavy atom. The molecular weight excluding hydrogens is 182 g/mol. The second-order valence-corrected chi connectivity index (χ2v) is 3.77. The predicted octanol–water partition coefficient (Wildman–Crippen LogP) is 1.42. The van der Waals surface area contributed by atoms with Crippen molar-refractivity contribution in [1.82, 2.24) is 15.3 Å². The van der Waals surface area contributed by atoms with Gasteiger partial charge in [0.1, 0.15) is 0 Å². The van der Waals surface area contributed by atoms with Crippen molar-refractivity contribution in [3.8, 4) is 0 Å². The smallest absolute Gasteiger partial charge is 0.0922 e. The summed E-state index contributed by atoms with van der Waals surface area (Å²) in [6, 6.07) is 0. The molecule has 0 aliphatic heterocycles.